The molecular weight excluding hydrogens is 308 g/mol. The Hall–Kier alpha value is -2.54. The summed E-state index contributed by atoms with van der Waals surface area (Å²) < 4.78 is 0. The first-order valence-corrected chi connectivity index (χ1v) is 7.95. The number of hydrogen-bond donors (Lipinski definition) is 1. The van der Waals surface area contributed by atoms with Crippen molar-refractivity contribution >= 4 is 11.5 Å². The summed E-state index contributed by atoms with van der Waals surface area (Å²) in [6, 6.07) is 5.44. The standard InChI is InChI=1S/C17H20N4O3/c1-13-2-9-19-16(15(13)21(23)24)20-10-5-17(22,6-11-20)12-14-3-7-18-8-4-14/h2-4,7-9,22H,5-6,10-12H2,1H3. The van der Waals surface area contributed by atoms with E-state index in [2.05, 4.69) is 9.97 Å². The van der Waals surface area contributed by atoms with Gasteiger partial charge >= 0.3 is 5.69 Å². The minimum atomic E-state index is -0.795. The molecule has 0 bridgehead atoms. The van der Waals surface area contributed by atoms with Crippen LogP contribution in [0.2, 0.25) is 0 Å². The van der Waals surface area contributed by atoms with Crippen molar-refractivity contribution in [2.45, 2.75) is 31.8 Å². The van der Waals surface area contributed by atoms with Gasteiger partial charge in [-0.25, -0.2) is 4.98 Å². The summed E-state index contributed by atoms with van der Waals surface area (Å²) in [5.41, 5.74) is 0.900. The van der Waals surface area contributed by atoms with E-state index in [1.807, 2.05) is 17.0 Å². The zero-order chi connectivity index (χ0) is 17.2. The van der Waals surface area contributed by atoms with Gasteiger partial charge in [0.25, 0.3) is 0 Å². The summed E-state index contributed by atoms with van der Waals surface area (Å²) in [7, 11) is 0. The highest BCUT2D eigenvalue weighted by molar-refractivity contribution is 5.61. The monoisotopic (exact) mass is 328 g/mol. The molecule has 7 nitrogen and oxygen atoms in total. The Balaban J connectivity index is 1.74. The fourth-order valence-corrected chi connectivity index (χ4v) is 3.19. The van der Waals surface area contributed by atoms with Crippen molar-refractivity contribution < 1.29 is 10.0 Å². The van der Waals surface area contributed by atoms with Crippen LogP contribution in [0.3, 0.4) is 0 Å². The zero-order valence-electron chi connectivity index (χ0n) is 13.6. The molecule has 126 valence electrons. The normalized spacial score (nSPS) is 16.8. The van der Waals surface area contributed by atoms with Crippen molar-refractivity contribution in [2.75, 3.05) is 18.0 Å². The third-order valence-corrected chi connectivity index (χ3v) is 4.57. The average Bonchev–Trinajstić information content (AvgIpc) is 2.55. The Labute approximate surface area is 140 Å². The first-order chi connectivity index (χ1) is 11.5. The van der Waals surface area contributed by atoms with Gasteiger partial charge in [-0.05, 0) is 43.5 Å². The van der Waals surface area contributed by atoms with Crippen molar-refractivity contribution in [1.82, 2.24) is 9.97 Å². The van der Waals surface area contributed by atoms with Crippen molar-refractivity contribution in [1.29, 1.82) is 0 Å². The van der Waals surface area contributed by atoms with Crippen LogP contribution < -0.4 is 4.90 Å². The first-order valence-electron chi connectivity index (χ1n) is 7.95. The quantitative estimate of drug-likeness (QED) is 0.683. The van der Waals surface area contributed by atoms with E-state index in [9.17, 15) is 15.2 Å². The summed E-state index contributed by atoms with van der Waals surface area (Å²) in [6.45, 7) is 2.80. The van der Waals surface area contributed by atoms with Gasteiger partial charge in [-0.15, -0.1) is 0 Å². The van der Waals surface area contributed by atoms with Crippen LogP contribution >= 0.6 is 0 Å². The molecule has 1 aliphatic rings. The van der Waals surface area contributed by atoms with Gasteiger partial charge in [-0.2, -0.15) is 0 Å². The Bertz CT molecular complexity index is 728. The number of nitro groups is 1. The molecule has 2 aromatic heterocycles. The van der Waals surface area contributed by atoms with Crippen LogP contribution in [0.4, 0.5) is 11.5 Å². The van der Waals surface area contributed by atoms with Crippen LogP contribution in [0.25, 0.3) is 0 Å². The molecule has 3 heterocycles. The van der Waals surface area contributed by atoms with Crippen molar-refractivity contribution in [2.24, 2.45) is 0 Å². The summed E-state index contributed by atoms with van der Waals surface area (Å²) in [5.74, 6) is 0.394. The summed E-state index contributed by atoms with van der Waals surface area (Å²) in [6.07, 6.45) is 6.67. The number of aryl methyl sites for hydroxylation is 1. The van der Waals surface area contributed by atoms with Crippen molar-refractivity contribution in [3.05, 3.63) is 58.0 Å². The third kappa shape index (κ3) is 3.35. The van der Waals surface area contributed by atoms with Gasteiger partial charge < -0.3 is 10.0 Å². The predicted octanol–water partition coefficient (Wildman–Crippen LogP) is 2.27. The lowest BCUT2D eigenvalue weighted by Gasteiger charge is -2.38. The minimum Gasteiger partial charge on any atom is -0.389 e. The second-order valence-electron chi connectivity index (χ2n) is 6.30. The van der Waals surface area contributed by atoms with Gasteiger partial charge in [-0.3, -0.25) is 15.1 Å². The van der Waals surface area contributed by atoms with E-state index in [1.54, 1.807) is 31.6 Å². The van der Waals surface area contributed by atoms with Gasteiger partial charge in [0, 0.05) is 43.7 Å². The number of nitrogens with zero attached hydrogens (tertiary/aromatic N) is 4. The molecule has 1 saturated heterocycles. The third-order valence-electron chi connectivity index (χ3n) is 4.57. The molecule has 1 N–H and O–H groups in total. The van der Waals surface area contributed by atoms with Crippen LogP contribution in [-0.4, -0.2) is 38.7 Å². The van der Waals surface area contributed by atoms with Crippen LogP contribution in [-0.2, 0) is 6.42 Å². The summed E-state index contributed by atoms with van der Waals surface area (Å²) >= 11 is 0. The van der Waals surface area contributed by atoms with E-state index < -0.39 is 5.60 Å². The molecule has 2 aromatic rings. The second kappa shape index (κ2) is 6.52. The van der Waals surface area contributed by atoms with E-state index in [1.165, 1.54) is 0 Å². The molecule has 0 saturated carbocycles. The van der Waals surface area contributed by atoms with Crippen LogP contribution in [0.15, 0.2) is 36.8 Å². The van der Waals surface area contributed by atoms with E-state index in [0.29, 0.717) is 43.7 Å². The van der Waals surface area contributed by atoms with Gasteiger partial charge in [0.2, 0.25) is 5.82 Å². The molecule has 0 spiro atoms. The van der Waals surface area contributed by atoms with Crippen LogP contribution in [0.5, 0.6) is 0 Å². The number of aliphatic hydroxyl groups is 1. The van der Waals surface area contributed by atoms with Crippen LogP contribution in [0, 0.1) is 17.0 Å². The maximum Gasteiger partial charge on any atom is 0.314 e. The van der Waals surface area contributed by atoms with Gasteiger partial charge in [0.05, 0.1) is 10.5 Å². The van der Waals surface area contributed by atoms with E-state index in [0.717, 1.165) is 5.56 Å². The van der Waals surface area contributed by atoms with E-state index >= 15 is 0 Å². The molecule has 0 aromatic carbocycles. The lowest BCUT2D eigenvalue weighted by Crippen LogP contribution is -2.46. The van der Waals surface area contributed by atoms with E-state index in [-0.39, 0.29) is 10.6 Å². The zero-order valence-corrected chi connectivity index (χ0v) is 13.6. The van der Waals surface area contributed by atoms with E-state index in [4.69, 9.17) is 0 Å². The largest absolute Gasteiger partial charge is 0.389 e. The van der Waals surface area contributed by atoms with Gasteiger partial charge in [0.15, 0.2) is 0 Å². The average molecular weight is 328 g/mol. The summed E-state index contributed by atoms with van der Waals surface area (Å²) in [4.78, 5) is 21.0. The highest BCUT2D eigenvalue weighted by Crippen LogP contribution is 2.34. The fourth-order valence-electron chi connectivity index (χ4n) is 3.19. The molecule has 0 radical (unpaired) electrons. The van der Waals surface area contributed by atoms with Crippen molar-refractivity contribution in [3.8, 4) is 0 Å². The molecule has 3 rings (SSSR count). The molecule has 7 heteroatoms. The van der Waals surface area contributed by atoms with Crippen molar-refractivity contribution in [3.63, 3.8) is 0 Å². The molecule has 0 unspecified atom stereocenters. The lowest BCUT2D eigenvalue weighted by atomic mass is 9.85. The second-order valence-corrected chi connectivity index (χ2v) is 6.30. The minimum absolute atomic E-state index is 0.0528. The Morgan fingerprint density at radius 3 is 2.54 bits per heavy atom. The molecule has 1 aliphatic heterocycles. The number of anilines is 1. The maximum atomic E-state index is 11.3. The highest BCUT2D eigenvalue weighted by atomic mass is 16.6. The number of aromatic nitrogens is 2. The molecule has 0 aliphatic carbocycles. The number of piperidine rings is 1. The number of rotatable bonds is 4. The molecule has 24 heavy (non-hydrogen) atoms. The first kappa shape index (κ1) is 16.3. The highest BCUT2D eigenvalue weighted by Gasteiger charge is 2.35. The molecule has 1 fully saturated rings. The Morgan fingerprint density at radius 1 is 1.25 bits per heavy atom. The van der Waals surface area contributed by atoms with Gasteiger partial charge in [-0.1, -0.05) is 0 Å². The van der Waals surface area contributed by atoms with Gasteiger partial charge in [0.1, 0.15) is 0 Å². The SMILES string of the molecule is Cc1ccnc(N2CCC(O)(Cc3ccncc3)CC2)c1[N+](=O)[O-]. The Morgan fingerprint density at radius 2 is 1.92 bits per heavy atom. The molecule has 0 amide bonds. The molecule has 0 atom stereocenters. The topological polar surface area (TPSA) is 92.4 Å². The smallest absolute Gasteiger partial charge is 0.314 e. The number of pyridine rings is 2. The maximum absolute atomic E-state index is 11.3. The Kier molecular flexibility index (Phi) is 4.44. The molecular formula is C17H20N4O3. The fraction of sp³-hybridized carbons (Fsp3) is 0.412. The predicted molar refractivity (Wildman–Crippen MR) is 90.0 cm³/mol. The summed E-state index contributed by atoms with van der Waals surface area (Å²) in [5, 5.41) is 22.2. The lowest BCUT2D eigenvalue weighted by molar-refractivity contribution is -0.384. The number of hydrogen-bond acceptors (Lipinski definition) is 6. The van der Waals surface area contributed by atoms with Crippen LogP contribution in [0.1, 0.15) is 24.0 Å².